The van der Waals surface area contributed by atoms with Gasteiger partial charge >= 0.3 is 6.18 Å². The van der Waals surface area contributed by atoms with E-state index in [1.54, 1.807) is 0 Å². The summed E-state index contributed by atoms with van der Waals surface area (Å²) in [5.74, 6) is -0.321. The van der Waals surface area contributed by atoms with Gasteiger partial charge in [0.1, 0.15) is 5.75 Å². The molecular formula is C10H13ClF3NO2. The molecule has 0 aromatic heterocycles. The van der Waals surface area contributed by atoms with Crippen LogP contribution in [0.5, 0.6) is 5.75 Å². The molecule has 0 radical (unpaired) electrons. The second-order valence-electron chi connectivity index (χ2n) is 3.52. The minimum atomic E-state index is -4.81. The highest BCUT2D eigenvalue weighted by molar-refractivity contribution is 5.85. The van der Waals surface area contributed by atoms with Gasteiger partial charge in [-0.2, -0.15) is 13.2 Å². The molecule has 2 atom stereocenters. The third kappa shape index (κ3) is 3.49. The fourth-order valence-electron chi connectivity index (χ4n) is 1.32. The zero-order chi connectivity index (χ0) is 12.5. The van der Waals surface area contributed by atoms with Gasteiger partial charge in [0, 0.05) is 5.56 Å². The van der Waals surface area contributed by atoms with Crippen molar-refractivity contribution in [2.75, 3.05) is 0 Å². The summed E-state index contributed by atoms with van der Waals surface area (Å²) < 4.78 is 36.6. The number of rotatable bonds is 2. The quantitative estimate of drug-likeness (QED) is 0.771. The van der Waals surface area contributed by atoms with Crippen molar-refractivity contribution in [2.45, 2.75) is 25.2 Å². The number of alkyl halides is 3. The number of benzene rings is 1. The molecule has 1 aromatic carbocycles. The molecule has 0 bridgehead atoms. The lowest BCUT2D eigenvalue weighted by Gasteiger charge is -2.22. The molecule has 0 aliphatic carbocycles. The molecule has 0 aliphatic rings. The van der Waals surface area contributed by atoms with Crippen molar-refractivity contribution in [3.8, 4) is 5.75 Å². The van der Waals surface area contributed by atoms with E-state index in [9.17, 15) is 18.3 Å². The molecule has 7 heteroatoms. The molecular weight excluding hydrogens is 259 g/mol. The summed E-state index contributed by atoms with van der Waals surface area (Å²) in [6, 6.07) is 2.56. The van der Waals surface area contributed by atoms with E-state index >= 15 is 0 Å². The largest absolute Gasteiger partial charge is 0.507 e. The van der Waals surface area contributed by atoms with Crippen molar-refractivity contribution in [3.63, 3.8) is 0 Å². The van der Waals surface area contributed by atoms with E-state index in [0.717, 1.165) is 0 Å². The maximum atomic E-state index is 12.2. The van der Waals surface area contributed by atoms with Crippen molar-refractivity contribution in [3.05, 3.63) is 29.3 Å². The maximum absolute atomic E-state index is 12.2. The highest BCUT2D eigenvalue weighted by atomic mass is 35.5. The Morgan fingerprint density at radius 3 is 2.29 bits per heavy atom. The fourth-order valence-corrected chi connectivity index (χ4v) is 1.32. The third-order valence-corrected chi connectivity index (χ3v) is 2.30. The van der Waals surface area contributed by atoms with Gasteiger partial charge < -0.3 is 15.9 Å². The summed E-state index contributed by atoms with van der Waals surface area (Å²) in [4.78, 5) is 0. The van der Waals surface area contributed by atoms with E-state index in [1.165, 1.54) is 25.1 Å². The Morgan fingerprint density at radius 2 is 1.82 bits per heavy atom. The Labute approximate surface area is 102 Å². The Morgan fingerprint density at radius 1 is 1.29 bits per heavy atom. The number of aliphatic hydroxyl groups excluding tert-OH is 1. The van der Waals surface area contributed by atoms with Gasteiger partial charge in [-0.1, -0.05) is 18.2 Å². The van der Waals surface area contributed by atoms with E-state index in [-0.39, 0.29) is 23.7 Å². The minimum absolute atomic E-state index is 0. The Hall–Kier alpha value is -0.980. The smallest absolute Gasteiger partial charge is 0.416 e. The summed E-state index contributed by atoms with van der Waals surface area (Å²) in [6.07, 6.45) is -7.50. The predicted octanol–water partition coefficient (Wildman–Crippen LogP) is 2.05. The van der Waals surface area contributed by atoms with Crippen LogP contribution in [-0.4, -0.2) is 22.5 Å². The van der Waals surface area contributed by atoms with Gasteiger partial charge in [-0.05, 0) is 12.5 Å². The Bertz CT molecular complexity index is 384. The molecule has 1 rings (SSSR count). The number of nitrogens with two attached hydrogens (primary N) is 1. The van der Waals surface area contributed by atoms with E-state index in [1.807, 2.05) is 0 Å². The summed E-state index contributed by atoms with van der Waals surface area (Å²) in [5, 5.41) is 18.5. The summed E-state index contributed by atoms with van der Waals surface area (Å²) in [7, 11) is 0. The van der Waals surface area contributed by atoms with Crippen LogP contribution in [0.2, 0.25) is 0 Å². The van der Waals surface area contributed by atoms with Crippen LogP contribution in [0.3, 0.4) is 0 Å². The molecule has 3 nitrogen and oxygen atoms in total. The van der Waals surface area contributed by atoms with Crippen molar-refractivity contribution in [1.82, 2.24) is 0 Å². The minimum Gasteiger partial charge on any atom is -0.507 e. The van der Waals surface area contributed by atoms with Gasteiger partial charge in [0.05, 0.1) is 6.04 Å². The predicted molar refractivity (Wildman–Crippen MR) is 59.1 cm³/mol. The molecule has 98 valence electrons. The first-order valence-electron chi connectivity index (χ1n) is 4.54. The van der Waals surface area contributed by atoms with Crippen LogP contribution in [0, 0.1) is 6.92 Å². The molecule has 1 aromatic rings. The zero-order valence-corrected chi connectivity index (χ0v) is 9.72. The number of para-hydroxylation sites is 1. The first-order valence-corrected chi connectivity index (χ1v) is 4.54. The normalized spacial score (nSPS) is 14.9. The first-order chi connectivity index (χ1) is 7.25. The number of halogens is 4. The molecule has 0 unspecified atom stereocenters. The summed E-state index contributed by atoms with van der Waals surface area (Å²) in [5.41, 5.74) is 5.55. The van der Waals surface area contributed by atoms with Crippen LogP contribution < -0.4 is 5.73 Å². The van der Waals surface area contributed by atoms with Crippen LogP contribution >= 0.6 is 12.4 Å². The molecule has 4 N–H and O–H groups in total. The van der Waals surface area contributed by atoms with E-state index in [2.05, 4.69) is 0 Å². The number of aliphatic hydroxyl groups is 1. The van der Waals surface area contributed by atoms with E-state index in [4.69, 9.17) is 10.8 Å². The lowest BCUT2D eigenvalue weighted by molar-refractivity contribution is -0.210. The van der Waals surface area contributed by atoms with Crippen molar-refractivity contribution in [1.29, 1.82) is 0 Å². The molecule has 17 heavy (non-hydrogen) atoms. The maximum Gasteiger partial charge on any atom is 0.416 e. The number of aromatic hydroxyl groups is 1. The third-order valence-electron chi connectivity index (χ3n) is 2.30. The average Bonchev–Trinajstić information content (AvgIpc) is 2.18. The summed E-state index contributed by atoms with van der Waals surface area (Å²) >= 11 is 0. The molecule has 0 aliphatic heterocycles. The van der Waals surface area contributed by atoms with Crippen LogP contribution in [0.15, 0.2) is 18.2 Å². The van der Waals surface area contributed by atoms with Crippen LogP contribution in [0.25, 0.3) is 0 Å². The van der Waals surface area contributed by atoms with Crippen molar-refractivity contribution < 1.29 is 23.4 Å². The van der Waals surface area contributed by atoms with Gasteiger partial charge in [0.15, 0.2) is 6.10 Å². The van der Waals surface area contributed by atoms with E-state index in [0.29, 0.717) is 5.56 Å². The van der Waals surface area contributed by atoms with Gasteiger partial charge in [0.25, 0.3) is 0 Å². The second kappa shape index (κ2) is 5.57. The van der Waals surface area contributed by atoms with Gasteiger partial charge in [0.2, 0.25) is 0 Å². The SMILES string of the molecule is Cc1cccc([C@H](N)[C@H](O)C(F)(F)F)c1O.Cl. The Balaban J connectivity index is 0.00000256. The van der Waals surface area contributed by atoms with Crippen LogP contribution in [0.4, 0.5) is 13.2 Å². The zero-order valence-electron chi connectivity index (χ0n) is 8.90. The van der Waals surface area contributed by atoms with Crippen molar-refractivity contribution >= 4 is 12.4 Å². The Kier molecular flexibility index (Phi) is 5.25. The van der Waals surface area contributed by atoms with E-state index < -0.39 is 18.3 Å². The molecule has 0 fully saturated rings. The number of hydrogen-bond donors (Lipinski definition) is 3. The molecule has 0 saturated heterocycles. The van der Waals surface area contributed by atoms with Crippen LogP contribution in [0.1, 0.15) is 17.2 Å². The number of phenolic OH excluding ortho intramolecular Hbond substituents is 1. The summed E-state index contributed by atoms with van der Waals surface area (Å²) in [6.45, 7) is 1.53. The lowest BCUT2D eigenvalue weighted by Crippen LogP contribution is -2.38. The number of phenols is 1. The molecule has 0 saturated carbocycles. The van der Waals surface area contributed by atoms with Crippen LogP contribution in [-0.2, 0) is 0 Å². The van der Waals surface area contributed by atoms with Gasteiger partial charge in [-0.15, -0.1) is 12.4 Å². The highest BCUT2D eigenvalue weighted by Crippen LogP contribution is 2.33. The number of aryl methyl sites for hydroxylation is 1. The first kappa shape index (κ1) is 16.0. The lowest BCUT2D eigenvalue weighted by atomic mass is 9.99. The monoisotopic (exact) mass is 271 g/mol. The average molecular weight is 272 g/mol. The number of hydrogen-bond acceptors (Lipinski definition) is 3. The molecule has 0 spiro atoms. The van der Waals surface area contributed by atoms with Gasteiger partial charge in [-0.3, -0.25) is 0 Å². The van der Waals surface area contributed by atoms with Gasteiger partial charge in [-0.25, -0.2) is 0 Å². The standard InChI is InChI=1S/C10H12F3NO2.ClH/c1-5-3-2-4-6(8(5)15)7(14)9(16)10(11,12)13;/h2-4,7,9,15-16H,14H2,1H3;1H/t7-,9-;/m0./s1. The van der Waals surface area contributed by atoms with Crippen molar-refractivity contribution in [2.24, 2.45) is 5.73 Å². The topological polar surface area (TPSA) is 66.5 Å². The molecule has 0 heterocycles. The second-order valence-corrected chi connectivity index (χ2v) is 3.52. The fraction of sp³-hybridized carbons (Fsp3) is 0.400. The molecule has 0 amide bonds. The highest BCUT2D eigenvalue weighted by Gasteiger charge is 2.43.